The Morgan fingerprint density at radius 2 is 1.86 bits per heavy atom. The summed E-state index contributed by atoms with van der Waals surface area (Å²) in [7, 11) is 1.61. The summed E-state index contributed by atoms with van der Waals surface area (Å²) >= 11 is 0. The van der Waals surface area contributed by atoms with E-state index in [2.05, 4.69) is 5.32 Å². The maximum absolute atomic E-state index is 12.2. The zero-order valence-corrected chi connectivity index (χ0v) is 12.0. The van der Waals surface area contributed by atoms with E-state index in [0.29, 0.717) is 0 Å². The van der Waals surface area contributed by atoms with Gasteiger partial charge in [0.1, 0.15) is 0 Å². The van der Waals surface area contributed by atoms with Crippen molar-refractivity contribution in [3.8, 4) is 0 Å². The Morgan fingerprint density at radius 1 is 1.19 bits per heavy atom. The van der Waals surface area contributed by atoms with Crippen LogP contribution in [0.25, 0.3) is 10.8 Å². The van der Waals surface area contributed by atoms with Gasteiger partial charge >= 0.3 is 5.97 Å². The minimum Gasteiger partial charge on any atom is -0.480 e. The van der Waals surface area contributed by atoms with Gasteiger partial charge in [0.25, 0.3) is 0 Å². The van der Waals surface area contributed by atoms with Gasteiger partial charge in [-0.15, -0.1) is 0 Å². The predicted octanol–water partition coefficient (Wildman–Crippen LogP) is 2.18. The highest BCUT2D eigenvalue weighted by Gasteiger charge is 2.20. The number of carbonyl (C=O) groups excluding carboxylic acids is 1. The van der Waals surface area contributed by atoms with E-state index in [0.717, 1.165) is 16.5 Å². The Balaban J connectivity index is 2.16. The summed E-state index contributed by atoms with van der Waals surface area (Å²) in [5.41, 5.74) is 0.730. The summed E-state index contributed by atoms with van der Waals surface area (Å²) in [6.07, 6.45) is 0. The minimum atomic E-state index is -0.956. The smallest absolute Gasteiger partial charge is 0.317 e. The number of amides is 1. The molecule has 0 saturated heterocycles. The van der Waals surface area contributed by atoms with Gasteiger partial charge in [-0.2, -0.15) is 0 Å². The lowest BCUT2D eigenvalue weighted by Crippen LogP contribution is -2.42. The number of carboxylic acids is 1. The first-order chi connectivity index (χ1) is 9.99. The van der Waals surface area contributed by atoms with Gasteiger partial charge in [0.05, 0.1) is 12.6 Å². The van der Waals surface area contributed by atoms with E-state index in [-0.39, 0.29) is 12.5 Å². The molecule has 0 aromatic heterocycles. The van der Waals surface area contributed by atoms with Gasteiger partial charge < -0.3 is 10.4 Å². The first-order valence-electron chi connectivity index (χ1n) is 6.69. The van der Waals surface area contributed by atoms with Crippen LogP contribution in [0, 0.1) is 0 Å². The highest BCUT2D eigenvalue weighted by atomic mass is 16.4. The van der Waals surface area contributed by atoms with Gasteiger partial charge in [-0.25, -0.2) is 0 Å². The summed E-state index contributed by atoms with van der Waals surface area (Å²) in [6, 6.07) is 12.9. The fourth-order valence-electron chi connectivity index (χ4n) is 2.12. The molecule has 0 spiro atoms. The third-order valence-electron chi connectivity index (χ3n) is 3.47. The van der Waals surface area contributed by atoms with Crippen LogP contribution in [0.2, 0.25) is 0 Å². The summed E-state index contributed by atoms with van der Waals surface area (Å²) in [5, 5.41) is 13.6. The number of anilines is 1. The fraction of sp³-hybridized carbons (Fsp3) is 0.250. The predicted molar refractivity (Wildman–Crippen MR) is 82.3 cm³/mol. The van der Waals surface area contributed by atoms with Gasteiger partial charge in [0, 0.05) is 11.1 Å². The van der Waals surface area contributed by atoms with E-state index in [1.54, 1.807) is 14.0 Å². The number of fused-ring (bicyclic) bond motifs is 1. The average molecular weight is 286 g/mol. The number of aliphatic carboxylic acids is 1. The molecule has 0 saturated carbocycles. The van der Waals surface area contributed by atoms with E-state index in [9.17, 15) is 9.59 Å². The maximum Gasteiger partial charge on any atom is 0.317 e. The topological polar surface area (TPSA) is 69.6 Å². The van der Waals surface area contributed by atoms with Crippen LogP contribution < -0.4 is 5.32 Å². The van der Waals surface area contributed by atoms with Crippen LogP contribution in [-0.2, 0) is 9.59 Å². The molecule has 2 N–H and O–H groups in total. The fourth-order valence-corrected chi connectivity index (χ4v) is 2.12. The number of nitrogens with zero attached hydrogens (tertiary/aromatic N) is 1. The molecule has 0 aliphatic rings. The van der Waals surface area contributed by atoms with Gasteiger partial charge in [0.2, 0.25) is 5.91 Å². The number of hydrogen-bond acceptors (Lipinski definition) is 3. The molecule has 2 aromatic carbocycles. The molecule has 1 atom stereocenters. The van der Waals surface area contributed by atoms with E-state index in [1.807, 2.05) is 42.5 Å². The molecule has 2 rings (SSSR count). The molecule has 0 heterocycles. The van der Waals surface area contributed by atoms with Crippen molar-refractivity contribution < 1.29 is 14.7 Å². The van der Waals surface area contributed by atoms with Crippen LogP contribution in [0.1, 0.15) is 6.92 Å². The quantitative estimate of drug-likeness (QED) is 0.884. The molecule has 5 heteroatoms. The molecule has 21 heavy (non-hydrogen) atoms. The lowest BCUT2D eigenvalue weighted by molar-refractivity contribution is -0.138. The van der Waals surface area contributed by atoms with Crippen molar-refractivity contribution in [2.24, 2.45) is 0 Å². The molecule has 0 aliphatic heterocycles. The minimum absolute atomic E-state index is 0.176. The number of benzene rings is 2. The highest BCUT2D eigenvalue weighted by molar-refractivity contribution is 6.03. The second-order valence-corrected chi connectivity index (χ2v) is 5.00. The van der Waals surface area contributed by atoms with Crippen molar-refractivity contribution in [2.75, 3.05) is 18.9 Å². The number of likely N-dealkylation sites (N-methyl/N-ethyl adjacent to an activating group) is 1. The maximum atomic E-state index is 12.2. The van der Waals surface area contributed by atoms with Crippen LogP contribution in [0.3, 0.4) is 0 Å². The van der Waals surface area contributed by atoms with Crippen LogP contribution >= 0.6 is 0 Å². The van der Waals surface area contributed by atoms with Crippen LogP contribution in [0.4, 0.5) is 5.69 Å². The van der Waals surface area contributed by atoms with Gasteiger partial charge in [0.15, 0.2) is 0 Å². The molecule has 5 nitrogen and oxygen atoms in total. The molecule has 1 amide bonds. The Morgan fingerprint density at radius 3 is 2.57 bits per heavy atom. The third-order valence-corrected chi connectivity index (χ3v) is 3.47. The molecule has 0 radical (unpaired) electrons. The molecule has 1 unspecified atom stereocenters. The van der Waals surface area contributed by atoms with Crippen molar-refractivity contribution in [2.45, 2.75) is 13.0 Å². The molecule has 0 aliphatic carbocycles. The average Bonchev–Trinajstić information content (AvgIpc) is 2.46. The standard InChI is InChI=1S/C16H18N2O3/c1-11(18(2)10-15(19)20)16(21)17-14-9-5-7-12-6-3-4-8-13(12)14/h3-9,11H,10H2,1-2H3,(H,17,21)(H,19,20). The van der Waals surface area contributed by atoms with Crippen LogP contribution in [0.15, 0.2) is 42.5 Å². The number of carboxylic acid groups (broad SMARTS) is 1. The summed E-state index contributed by atoms with van der Waals surface area (Å²) in [4.78, 5) is 24.4. The lowest BCUT2D eigenvalue weighted by Gasteiger charge is -2.22. The zero-order valence-electron chi connectivity index (χ0n) is 12.0. The largest absolute Gasteiger partial charge is 0.480 e. The molecule has 0 bridgehead atoms. The summed E-state index contributed by atoms with van der Waals surface area (Å²) in [6.45, 7) is 1.51. The van der Waals surface area contributed by atoms with Gasteiger partial charge in [-0.3, -0.25) is 14.5 Å². The zero-order chi connectivity index (χ0) is 15.4. The van der Waals surface area contributed by atoms with Crippen molar-refractivity contribution >= 4 is 28.3 Å². The highest BCUT2D eigenvalue weighted by Crippen LogP contribution is 2.23. The Labute approximate surface area is 123 Å². The van der Waals surface area contributed by atoms with Crippen molar-refractivity contribution in [1.82, 2.24) is 4.90 Å². The number of carbonyl (C=O) groups is 2. The first kappa shape index (κ1) is 15.0. The summed E-state index contributed by atoms with van der Waals surface area (Å²) in [5.74, 6) is -1.18. The second kappa shape index (κ2) is 6.37. The Kier molecular flexibility index (Phi) is 4.55. The van der Waals surface area contributed by atoms with Crippen molar-refractivity contribution in [3.63, 3.8) is 0 Å². The molecular weight excluding hydrogens is 268 g/mol. The van der Waals surface area contributed by atoms with E-state index in [1.165, 1.54) is 4.90 Å². The third kappa shape index (κ3) is 3.58. The van der Waals surface area contributed by atoms with Gasteiger partial charge in [-0.05, 0) is 25.4 Å². The lowest BCUT2D eigenvalue weighted by atomic mass is 10.1. The number of rotatable bonds is 5. The molecular formula is C16H18N2O3. The van der Waals surface area contributed by atoms with Gasteiger partial charge in [-0.1, -0.05) is 36.4 Å². The second-order valence-electron chi connectivity index (χ2n) is 5.00. The number of nitrogens with one attached hydrogen (secondary N) is 1. The monoisotopic (exact) mass is 286 g/mol. The number of hydrogen-bond donors (Lipinski definition) is 2. The van der Waals surface area contributed by atoms with E-state index in [4.69, 9.17) is 5.11 Å². The molecule has 2 aromatic rings. The Bertz CT molecular complexity index is 664. The van der Waals surface area contributed by atoms with Crippen LogP contribution in [-0.4, -0.2) is 41.5 Å². The van der Waals surface area contributed by atoms with Crippen molar-refractivity contribution in [3.05, 3.63) is 42.5 Å². The Hall–Kier alpha value is -2.40. The van der Waals surface area contributed by atoms with E-state index >= 15 is 0 Å². The summed E-state index contributed by atoms with van der Waals surface area (Å²) < 4.78 is 0. The van der Waals surface area contributed by atoms with E-state index < -0.39 is 12.0 Å². The van der Waals surface area contributed by atoms with Crippen molar-refractivity contribution in [1.29, 1.82) is 0 Å². The van der Waals surface area contributed by atoms with Crippen LogP contribution in [0.5, 0.6) is 0 Å². The first-order valence-corrected chi connectivity index (χ1v) is 6.69. The molecule has 110 valence electrons. The normalized spacial score (nSPS) is 12.3. The SMILES string of the molecule is CC(C(=O)Nc1cccc2ccccc12)N(C)CC(=O)O. The molecule has 0 fully saturated rings.